The predicted molar refractivity (Wildman–Crippen MR) is 103 cm³/mol. The molecule has 2 unspecified atom stereocenters. The van der Waals surface area contributed by atoms with E-state index < -0.39 is 0 Å². The van der Waals surface area contributed by atoms with Crippen molar-refractivity contribution in [2.75, 3.05) is 7.11 Å². The van der Waals surface area contributed by atoms with Gasteiger partial charge in [-0.2, -0.15) is 5.10 Å². The number of aromatic nitrogens is 1. The molecule has 2 aliphatic rings. The Balaban J connectivity index is 1.63. The first-order chi connectivity index (χ1) is 13.3. The molecule has 5 nitrogen and oxygen atoms in total. The van der Waals surface area contributed by atoms with Gasteiger partial charge in [-0.3, -0.25) is 4.98 Å². The lowest BCUT2D eigenvalue weighted by Gasteiger charge is -2.38. The first-order valence-corrected chi connectivity index (χ1v) is 9.00. The Morgan fingerprint density at radius 2 is 1.81 bits per heavy atom. The first kappa shape index (κ1) is 15.9. The Hall–Kier alpha value is -3.34. The Bertz CT molecular complexity index is 989. The average molecular weight is 357 g/mol. The molecule has 0 spiro atoms. The summed E-state index contributed by atoms with van der Waals surface area (Å²) in [6.45, 7) is 0. The summed E-state index contributed by atoms with van der Waals surface area (Å²) < 4.78 is 12.0. The molecule has 0 saturated carbocycles. The molecule has 134 valence electrons. The van der Waals surface area contributed by atoms with Crippen molar-refractivity contribution in [2.45, 2.75) is 18.7 Å². The largest absolute Gasteiger partial charge is 0.493 e. The highest BCUT2D eigenvalue weighted by atomic mass is 16.5. The number of hydrogen-bond acceptors (Lipinski definition) is 5. The van der Waals surface area contributed by atoms with Crippen LogP contribution in [0.4, 0.5) is 0 Å². The summed E-state index contributed by atoms with van der Waals surface area (Å²) in [5.74, 6) is 1.55. The summed E-state index contributed by atoms with van der Waals surface area (Å²) in [5.41, 5.74) is 4.34. The summed E-state index contributed by atoms with van der Waals surface area (Å²) >= 11 is 0. The molecule has 0 fully saturated rings. The van der Waals surface area contributed by atoms with Crippen molar-refractivity contribution in [3.8, 4) is 11.5 Å². The molecule has 3 aromatic rings. The number of hydrazone groups is 1. The van der Waals surface area contributed by atoms with Crippen LogP contribution in [0.3, 0.4) is 0 Å². The maximum atomic E-state index is 6.40. The number of benzene rings is 2. The Morgan fingerprint density at radius 3 is 2.59 bits per heavy atom. The number of para-hydroxylation sites is 1. The number of pyridine rings is 1. The molecule has 0 radical (unpaired) electrons. The van der Waals surface area contributed by atoms with E-state index in [2.05, 4.69) is 28.2 Å². The average Bonchev–Trinajstić information content (AvgIpc) is 3.20. The third-order valence-electron chi connectivity index (χ3n) is 5.10. The smallest absolute Gasteiger partial charge is 0.214 e. The normalized spacial score (nSPS) is 20.3. The van der Waals surface area contributed by atoms with Crippen molar-refractivity contribution in [3.63, 3.8) is 0 Å². The second-order valence-corrected chi connectivity index (χ2v) is 6.64. The van der Waals surface area contributed by atoms with E-state index in [4.69, 9.17) is 14.6 Å². The molecule has 3 heterocycles. The number of methoxy groups -OCH3 is 1. The minimum Gasteiger partial charge on any atom is -0.493 e. The molecule has 0 N–H and O–H groups in total. The van der Waals surface area contributed by atoms with Crippen molar-refractivity contribution in [2.24, 2.45) is 5.10 Å². The van der Waals surface area contributed by atoms with Crippen molar-refractivity contribution >= 4 is 5.71 Å². The Kier molecular flexibility index (Phi) is 3.78. The van der Waals surface area contributed by atoms with Gasteiger partial charge in [-0.1, -0.05) is 42.5 Å². The molecule has 5 rings (SSSR count). The molecule has 5 heteroatoms. The van der Waals surface area contributed by atoms with E-state index >= 15 is 0 Å². The van der Waals surface area contributed by atoms with Crippen molar-refractivity contribution in [1.29, 1.82) is 0 Å². The lowest BCUT2D eigenvalue weighted by Crippen LogP contribution is -2.33. The first-order valence-electron chi connectivity index (χ1n) is 9.00. The molecule has 2 aliphatic heterocycles. The maximum Gasteiger partial charge on any atom is 0.214 e. The maximum absolute atomic E-state index is 6.40. The predicted octanol–water partition coefficient (Wildman–Crippen LogP) is 4.33. The zero-order valence-corrected chi connectivity index (χ0v) is 14.9. The zero-order chi connectivity index (χ0) is 18.2. The van der Waals surface area contributed by atoms with E-state index in [-0.39, 0.29) is 12.3 Å². The minimum absolute atomic E-state index is 0.109. The quantitative estimate of drug-likeness (QED) is 0.700. The molecule has 2 atom stereocenters. The summed E-state index contributed by atoms with van der Waals surface area (Å²) in [5, 5.41) is 7.03. The Labute approximate surface area is 157 Å². The summed E-state index contributed by atoms with van der Waals surface area (Å²) in [6.07, 6.45) is 4.07. The van der Waals surface area contributed by atoms with Crippen molar-refractivity contribution in [3.05, 3.63) is 89.7 Å². The van der Waals surface area contributed by atoms with Gasteiger partial charge in [-0.05, 0) is 23.8 Å². The van der Waals surface area contributed by atoms with E-state index in [9.17, 15) is 0 Å². The number of ether oxygens (including phenoxy) is 2. The topological polar surface area (TPSA) is 47.0 Å². The fourth-order valence-corrected chi connectivity index (χ4v) is 3.80. The van der Waals surface area contributed by atoms with Gasteiger partial charge in [0.15, 0.2) is 11.5 Å². The molecular formula is C22H19N3O2. The summed E-state index contributed by atoms with van der Waals surface area (Å²) in [4.78, 5) is 4.13. The third kappa shape index (κ3) is 2.63. The van der Waals surface area contributed by atoms with E-state index in [1.165, 1.54) is 0 Å². The van der Waals surface area contributed by atoms with Gasteiger partial charge in [-0.25, -0.2) is 5.01 Å². The van der Waals surface area contributed by atoms with Crippen LogP contribution in [0.2, 0.25) is 0 Å². The highest BCUT2D eigenvalue weighted by Crippen LogP contribution is 2.50. The highest BCUT2D eigenvalue weighted by Gasteiger charge is 2.42. The molecule has 0 amide bonds. The van der Waals surface area contributed by atoms with Crippen molar-refractivity contribution < 1.29 is 9.47 Å². The van der Waals surface area contributed by atoms with E-state index in [0.717, 1.165) is 40.3 Å². The fourth-order valence-electron chi connectivity index (χ4n) is 3.80. The molecule has 27 heavy (non-hydrogen) atoms. The molecule has 2 aromatic carbocycles. The van der Waals surface area contributed by atoms with Crippen LogP contribution in [0.15, 0.2) is 78.2 Å². The van der Waals surface area contributed by atoms with Crippen LogP contribution in [0.25, 0.3) is 0 Å². The van der Waals surface area contributed by atoms with Crippen LogP contribution in [-0.4, -0.2) is 22.8 Å². The van der Waals surface area contributed by atoms with Gasteiger partial charge >= 0.3 is 0 Å². The lowest BCUT2D eigenvalue weighted by atomic mass is 9.95. The number of rotatable bonds is 3. The highest BCUT2D eigenvalue weighted by molar-refractivity contribution is 6.01. The number of nitrogens with zero attached hydrogens (tertiary/aromatic N) is 3. The van der Waals surface area contributed by atoms with Gasteiger partial charge in [0.05, 0.1) is 18.9 Å². The SMILES string of the molecule is COc1cccc2c1OC(c1ccncc1)N1N=C(c3ccccc3)CC21. The number of hydrogen-bond donors (Lipinski definition) is 0. The lowest BCUT2D eigenvalue weighted by molar-refractivity contribution is -0.0209. The van der Waals surface area contributed by atoms with Gasteiger partial charge in [0, 0.05) is 29.9 Å². The Morgan fingerprint density at radius 1 is 1.00 bits per heavy atom. The van der Waals surface area contributed by atoms with Crippen molar-refractivity contribution in [1.82, 2.24) is 9.99 Å². The third-order valence-corrected chi connectivity index (χ3v) is 5.10. The molecular weight excluding hydrogens is 338 g/mol. The van der Waals surface area contributed by atoms with E-state index in [1.54, 1.807) is 19.5 Å². The van der Waals surface area contributed by atoms with Gasteiger partial charge in [-0.15, -0.1) is 0 Å². The second-order valence-electron chi connectivity index (χ2n) is 6.64. The second kappa shape index (κ2) is 6.43. The van der Waals surface area contributed by atoms with Gasteiger partial charge in [0.1, 0.15) is 0 Å². The van der Waals surface area contributed by atoms with Crippen LogP contribution in [-0.2, 0) is 0 Å². The minimum atomic E-state index is -0.317. The zero-order valence-electron chi connectivity index (χ0n) is 14.9. The molecule has 0 bridgehead atoms. The standard InChI is InChI=1S/C22H19N3O2/c1-26-20-9-5-8-17-19-14-18(15-6-3-2-4-7-15)24-25(19)22(27-21(17)20)16-10-12-23-13-11-16/h2-13,19,22H,14H2,1H3. The summed E-state index contributed by atoms with van der Waals surface area (Å²) in [7, 11) is 1.67. The number of fused-ring (bicyclic) bond motifs is 3. The van der Waals surface area contributed by atoms with Crippen LogP contribution in [0.5, 0.6) is 11.5 Å². The van der Waals surface area contributed by atoms with Gasteiger partial charge in [0.2, 0.25) is 6.23 Å². The van der Waals surface area contributed by atoms with Crippen LogP contribution in [0, 0.1) is 0 Å². The van der Waals surface area contributed by atoms with Crippen LogP contribution >= 0.6 is 0 Å². The fraction of sp³-hybridized carbons (Fsp3) is 0.182. The monoisotopic (exact) mass is 357 g/mol. The molecule has 0 saturated heterocycles. The molecule has 1 aromatic heterocycles. The van der Waals surface area contributed by atoms with E-state index in [1.807, 2.05) is 42.5 Å². The van der Waals surface area contributed by atoms with Crippen LogP contribution < -0.4 is 9.47 Å². The van der Waals surface area contributed by atoms with E-state index in [0.29, 0.717) is 0 Å². The van der Waals surface area contributed by atoms with Gasteiger partial charge in [0.25, 0.3) is 0 Å². The summed E-state index contributed by atoms with van der Waals surface area (Å²) in [6, 6.07) is 20.4. The van der Waals surface area contributed by atoms with Gasteiger partial charge < -0.3 is 9.47 Å². The van der Waals surface area contributed by atoms with Crippen LogP contribution in [0.1, 0.15) is 35.4 Å². The molecule has 0 aliphatic carbocycles.